The molecular formula is C57H113NO10. The van der Waals surface area contributed by atoms with Crippen LogP contribution in [0, 0.1) is 0 Å². The second-order valence-corrected chi connectivity index (χ2v) is 21.1. The van der Waals surface area contributed by atoms with Gasteiger partial charge in [-0.3, -0.25) is 4.79 Å². The van der Waals surface area contributed by atoms with Gasteiger partial charge in [0.1, 0.15) is 36.6 Å². The zero-order valence-corrected chi connectivity index (χ0v) is 44.4. The Morgan fingerprint density at radius 1 is 0.456 bits per heavy atom. The molecule has 0 aromatic heterocycles. The topological polar surface area (TPSA) is 189 Å². The van der Waals surface area contributed by atoms with Gasteiger partial charge in [0.2, 0.25) is 5.91 Å². The molecule has 11 nitrogen and oxygen atoms in total. The minimum Gasteiger partial charge on any atom is -0.394 e. The number of unbranched alkanes of at least 4 members (excludes halogenated alkanes) is 39. The third-order valence-corrected chi connectivity index (χ3v) is 14.7. The van der Waals surface area contributed by atoms with Crippen molar-refractivity contribution in [1.82, 2.24) is 5.32 Å². The van der Waals surface area contributed by atoms with E-state index in [1.807, 2.05) is 0 Å². The van der Waals surface area contributed by atoms with E-state index in [1.165, 1.54) is 212 Å². The quantitative estimate of drug-likeness (QED) is 0.0272. The highest BCUT2D eigenvalue weighted by Gasteiger charge is 2.44. The first-order valence-corrected chi connectivity index (χ1v) is 29.4. The molecule has 68 heavy (non-hydrogen) atoms. The lowest BCUT2D eigenvalue weighted by molar-refractivity contribution is -0.303. The fraction of sp³-hybridized carbons (Fsp3) is 0.982. The maximum absolute atomic E-state index is 13.2. The monoisotopic (exact) mass is 972 g/mol. The predicted molar refractivity (Wildman–Crippen MR) is 280 cm³/mol. The summed E-state index contributed by atoms with van der Waals surface area (Å²) in [5, 5.41) is 76.0. The van der Waals surface area contributed by atoms with Crippen molar-refractivity contribution >= 4 is 5.91 Å². The molecule has 1 fully saturated rings. The molecule has 0 aliphatic carbocycles. The lowest BCUT2D eigenvalue weighted by Gasteiger charge is -2.40. The fourth-order valence-electron chi connectivity index (χ4n) is 9.86. The lowest BCUT2D eigenvalue weighted by atomic mass is 9.98. The van der Waals surface area contributed by atoms with Crippen LogP contribution in [0.25, 0.3) is 0 Å². The summed E-state index contributed by atoms with van der Waals surface area (Å²) in [4.78, 5) is 13.2. The van der Waals surface area contributed by atoms with Gasteiger partial charge in [-0.1, -0.05) is 277 Å². The number of rotatable bonds is 51. The first-order chi connectivity index (χ1) is 33.2. The highest BCUT2D eigenvalue weighted by molar-refractivity contribution is 5.80. The molecule has 0 aromatic rings. The van der Waals surface area contributed by atoms with Crippen molar-refractivity contribution in [1.29, 1.82) is 0 Å². The van der Waals surface area contributed by atoms with E-state index in [4.69, 9.17) is 9.47 Å². The summed E-state index contributed by atoms with van der Waals surface area (Å²) >= 11 is 0. The maximum Gasteiger partial charge on any atom is 0.249 e. The number of carbonyl (C=O) groups is 1. The Morgan fingerprint density at radius 2 is 0.765 bits per heavy atom. The van der Waals surface area contributed by atoms with Crippen molar-refractivity contribution < 1.29 is 50.0 Å². The first kappa shape index (κ1) is 65.1. The second-order valence-electron chi connectivity index (χ2n) is 21.1. The number of carbonyl (C=O) groups excluding carboxylic acids is 1. The predicted octanol–water partition coefficient (Wildman–Crippen LogP) is 12.2. The summed E-state index contributed by atoms with van der Waals surface area (Å²) in [6.07, 6.45) is 41.8. The number of aliphatic hydroxyl groups is 7. The third kappa shape index (κ3) is 35.3. The van der Waals surface area contributed by atoms with Gasteiger partial charge in [-0.15, -0.1) is 0 Å². The molecule has 8 N–H and O–H groups in total. The number of ether oxygens (including phenoxy) is 2. The molecule has 0 spiro atoms. The Morgan fingerprint density at radius 3 is 1.09 bits per heavy atom. The van der Waals surface area contributed by atoms with E-state index in [2.05, 4.69) is 19.2 Å². The van der Waals surface area contributed by atoms with E-state index >= 15 is 0 Å². The van der Waals surface area contributed by atoms with Crippen LogP contribution in [0.5, 0.6) is 0 Å². The summed E-state index contributed by atoms with van der Waals surface area (Å²) < 4.78 is 11.1. The van der Waals surface area contributed by atoms with Crippen LogP contribution >= 0.6 is 0 Å². The van der Waals surface area contributed by atoms with E-state index < -0.39 is 74.2 Å². The molecule has 9 atom stereocenters. The summed E-state index contributed by atoms with van der Waals surface area (Å²) in [7, 11) is 0. The minimum absolute atomic E-state index is 0.267. The minimum atomic E-state index is -1.66. The number of hydrogen-bond acceptors (Lipinski definition) is 10. The Balaban J connectivity index is 2.19. The number of aliphatic hydroxyl groups excluding tert-OH is 7. The van der Waals surface area contributed by atoms with Crippen LogP contribution in [-0.2, 0) is 14.3 Å². The van der Waals surface area contributed by atoms with Crippen molar-refractivity contribution in [2.24, 2.45) is 0 Å². The number of nitrogens with one attached hydrogen (secondary N) is 1. The zero-order valence-electron chi connectivity index (χ0n) is 44.4. The molecule has 1 saturated heterocycles. The molecule has 0 bridgehead atoms. The van der Waals surface area contributed by atoms with Gasteiger partial charge in [0.15, 0.2) is 6.29 Å². The van der Waals surface area contributed by atoms with Crippen LogP contribution < -0.4 is 5.32 Å². The van der Waals surface area contributed by atoms with Crippen LogP contribution in [0.2, 0.25) is 0 Å². The molecule has 0 aromatic carbocycles. The van der Waals surface area contributed by atoms with Crippen LogP contribution in [0.1, 0.15) is 290 Å². The standard InChI is InChI=1S/C57H113NO10/c1-3-5-7-9-11-13-15-17-18-19-20-21-22-23-24-25-26-27-28-29-30-31-32-33-35-37-39-41-43-45-50(61)56(66)58-48(47-67-57-55(65)54(64)53(63)51(46-59)68-57)52(62)49(60)44-42-40-38-36-34-16-14-12-10-8-6-4-2/h48-55,57,59-65H,3-47H2,1-2H3,(H,58,66). The first-order valence-electron chi connectivity index (χ1n) is 29.4. The van der Waals surface area contributed by atoms with E-state index in [0.29, 0.717) is 19.3 Å². The molecule has 0 radical (unpaired) electrons. The molecule has 11 heteroatoms. The van der Waals surface area contributed by atoms with Gasteiger partial charge in [-0.2, -0.15) is 0 Å². The SMILES string of the molecule is CCCCCCCCCCCCCCCCCCCCCCCCCCCCCCCC(O)C(=O)NC(COC1OC(CO)C(O)C(O)C1O)C(O)C(O)CCCCCCCCCCCCCC. The van der Waals surface area contributed by atoms with Gasteiger partial charge in [0.05, 0.1) is 25.4 Å². The van der Waals surface area contributed by atoms with Gasteiger partial charge in [-0.05, 0) is 12.8 Å². The summed E-state index contributed by atoms with van der Waals surface area (Å²) in [6, 6.07) is -1.16. The Labute approximate surface area is 418 Å². The largest absolute Gasteiger partial charge is 0.394 e. The molecule has 1 aliphatic rings. The molecule has 406 valence electrons. The van der Waals surface area contributed by atoms with E-state index in [1.54, 1.807) is 0 Å². The van der Waals surface area contributed by atoms with Crippen molar-refractivity contribution in [2.75, 3.05) is 13.2 Å². The highest BCUT2D eigenvalue weighted by atomic mass is 16.7. The molecule has 9 unspecified atom stereocenters. The van der Waals surface area contributed by atoms with E-state index in [9.17, 15) is 40.5 Å². The molecular weight excluding hydrogens is 859 g/mol. The van der Waals surface area contributed by atoms with Crippen LogP contribution in [-0.4, -0.2) is 110 Å². The summed E-state index contributed by atoms with van der Waals surface area (Å²) in [5.74, 6) is -0.691. The Kier molecular flexibility index (Phi) is 45.1. The summed E-state index contributed by atoms with van der Waals surface area (Å²) in [6.45, 7) is 3.48. The van der Waals surface area contributed by atoms with Gasteiger partial charge in [0, 0.05) is 0 Å². The van der Waals surface area contributed by atoms with Crippen LogP contribution in [0.15, 0.2) is 0 Å². The molecule has 1 aliphatic heterocycles. The molecule has 1 rings (SSSR count). The molecule has 1 heterocycles. The van der Waals surface area contributed by atoms with Crippen molar-refractivity contribution in [3.8, 4) is 0 Å². The molecule has 0 saturated carbocycles. The van der Waals surface area contributed by atoms with Gasteiger partial charge in [-0.25, -0.2) is 0 Å². The third-order valence-electron chi connectivity index (χ3n) is 14.7. The summed E-state index contributed by atoms with van der Waals surface area (Å²) in [5.41, 5.74) is 0. The van der Waals surface area contributed by atoms with Crippen molar-refractivity contribution in [2.45, 2.75) is 345 Å². The van der Waals surface area contributed by atoms with Crippen molar-refractivity contribution in [3.05, 3.63) is 0 Å². The smallest absolute Gasteiger partial charge is 0.249 e. The van der Waals surface area contributed by atoms with Crippen LogP contribution in [0.3, 0.4) is 0 Å². The number of amides is 1. The van der Waals surface area contributed by atoms with Gasteiger partial charge < -0.3 is 50.5 Å². The number of hydrogen-bond donors (Lipinski definition) is 8. The normalized spacial score (nSPS) is 20.4. The average Bonchev–Trinajstić information content (AvgIpc) is 3.34. The van der Waals surface area contributed by atoms with Crippen molar-refractivity contribution in [3.63, 3.8) is 0 Å². The fourth-order valence-corrected chi connectivity index (χ4v) is 9.86. The average molecular weight is 973 g/mol. The Bertz CT molecular complexity index is 1070. The maximum atomic E-state index is 13.2. The Hall–Kier alpha value is -0.890. The van der Waals surface area contributed by atoms with Gasteiger partial charge >= 0.3 is 0 Å². The highest BCUT2D eigenvalue weighted by Crippen LogP contribution is 2.24. The lowest BCUT2D eigenvalue weighted by Crippen LogP contribution is -2.60. The second kappa shape index (κ2) is 47.1. The zero-order chi connectivity index (χ0) is 49.7. The van der Waals surface area contributed by atoms with Gasteiger partial charge in [0.25, 0.3) is 0 Å². The van der Waals surface area contributed by atoms with E-state index in [-0.39, 0.29) is 6.42 Å². The van der Waals surface area contributed by atoms with Crippen LogP contribution in [0.4, 0.5) is 0 Å². The molecule has 1 amide bonds. The van der Waals surface area contributed by atoms with E-state index in [0.717, 1.165) is 38.5 Å².